The van der Waals surface area contributed by atoms with Gasteiger partial charge in [0.1, 0.15) is 5.82 Å². The Kier molecular flexibility index (Phi) is 4.04. The summed E-state index contributed by atoms with van der Waals surface area (Å²) in [5.74, 6) is -0.362. The van der Waals surface area contributed by atoms with E-state index in [0.29, 0.717) is 15.1 Å². The fourth-order valence-electron chi connectivity index (χ4n) is 2.01. The van der Waals surface area contributed by atoms with Crippen molar-refractivity contribution in [3.63, 3.8) is 0 Å². The van der Waals surface area contributed by atoms with Crippen molar-refractivity contribution in [2.45, 2.75) is 5.38 Å². The molecule has 0 N–H and O–H groups in total. The SMILES string of the molecule is Fc1cc(Br)c(Cl)cc1C(Cl)c1cc2ccccc2s1. The highest BCUT2D eigenvalue weighted by molar-refractivity contribution is 9.10. The lowest BCUT2D eigenvalue weighted by Crippen LogP contribution is -1.95. The molecule has 0 saturated carbocycles. The lowest BCUT2D eigenvalue weighted by molar-refractivity contribution is 0.612. The van der Waals surface area contributed by atoms with Crippen LogP contribution >= 0.6 is 50.5 Å². The highest BCUT2D eigenvalue weighted by Gasteiger charge is 2.19. The van der Waals surface area contributed by atoms with E-state index in [1.807, 2.05) is 30.3 Å². The van der Waals surface area contributed by atoms with Gasteiger partial charge in [-0.25, -0.2) is 4.39 Å². The molecule has 2 aromatic carbocycles. The molecule has 3 aromatic rings. The second kappa shape index (κ2) is 5.64. The van der Waals surface area contributed by atoms with E-state index < -0.39 is 5.38 Å². The molecule has 0 bridgehead atoms. The Labute approximate surface area is 138 Å². The van der Waals surface area contributed by atoms with Crippen LogP contribution in [0.15, 0.2) is 46.9 Å². The molecular formula is C15H8BrCl2FS. The first-order valence-electron chi connectivity index (χ1n) is 5.83. The number of hydrogen-bond acceptors (Lipinski definition) is 1. The fourth-order valence-corrected chi connectivity index (χ4v) is 3.93. The highest BCUT2D eigenvalue weighted by Crippen LogP contribution is 2.39. The van der Waals surface area contributed by atoms with E-state index in [1.165, 1.54) is 6.07 Å². The number of hydrogen-bond donors (Lipinski definition) is 0. The Bertz CT molecular complexity index is 752. The largest absolute Gasteiger partial charge is 0.207 e. The second-order valence-electron chi connectivity index (χ2n) is 4.34. The van der Waals surface area contributed by atoms with E-state index >= 15 is 0 Å². The van der Waals surface area contributed by atoms with Gasteiger partial charge >= 0.3 is 0 Å². The first kappa shape index (κ1) is 14.3. The molecule has 102 valence electrons. The Morgan fingerprint density at radius 2 is 1.90 bits per heavy atom. The zero-order chi connectivity index (χ0) is 14.3. The van der Waals surface area contributed by atoms with Crippen LogP contribution in [-0.4, -0.2) is 0 Å². The lowest BCUT2D eigenvalue weighted by Gasteiger charge is -2.10. The first-order valence-corrected chi connectivity index (χ1v) is 8.25. The standard InChI is InChI=1S/C15H8BrCl2FS/c16-10-7-12(19)9(6-11(10)17)15(18)14-5-8-3-1-2-4-13(8)20-14/h1-7,15H. The van der Waals surface area contributed by atoms with Gasteiger partial charge in [-0.15, -0.1) is 22.9 Å². The van der Waals surface area contributed by atoms with Gasteiger partial charge in [0.25, 0.3) is 0 Å². The van der Waals surface area contributed by atoms with Crippen molar-refractivity contribution < 1.29 is 4.39 Å². The lowest BCUT2D eigenvalue weighted by atomic mass is 10.1. The summed E-state index contributed by atoms with van der Waals surface area (Å²) in [4.78, 5) is 0.908. The van der Waals surface area contributed by atoms with Crippen molar-refractivity contribution >= 4 is 60.6 Å². The Morgan fingerprint density at radius 1 is 1.15 bits per heavy atom. The van der Waals surface area contributed by atoms with Crippen molar-refractivity contribution in [3.8, 4) is 0 Å². The fraction of sp³-hybridized carbons (Fsp3) is 0.0667. The van der Waals surface area contributed by atoms with E-state index in [2.05, 4.69) is 15.9 Å². The average molecular weight is 390 g/mol. The van der Waals surface area contributed by atoms with Crippen molar-refractivity contribution in [1.29, 1.82) is 0 Å². The van der Waals surface area contributed by atoms with Crippen LogP contribution in [0, 0.1) is 5.82 Å². The van der Waals surface area contributed by atoms with Crippen molar-refractivity contribution in [2.24, 2.45) is 0 Å². The Balaban J connectivity index is 2.07. The average Bonchev–Trinajstić information content (AvgIpc) is 2.86. The molecule has 0 radical (unpaired) electrons. The molecule has 1 aromatic heterocycles. The minimum atomic E-state index is -0.544. The number of alkyl halides is 1. The molecule has 0 fully saturated rings. The van der Waals surface area contributed by atoms with E-state index in [1.54, 1.807) is 17.4 Å². The topological polar surface area (TPSA) is 0 Å². The number of fused-ring (bicyclic) bond motifs is 1. The van der Waals surface area contributed by atoms with Crippen LogP contribution in [0.2, 0.25) is 5.02 Å². The summed E-state index contributed by atoms with van der Waals surface area (Å²) < 4.78 is 15.7. The van der Waals surface area contributed by atoms with Crippen molar-refractivity contribution in [1.82, 2.24) is 0 Å². The predicted molar refractivity (Wildman–Crippen MR) is 88.6 cm³/mol. The predicted octanol–water partition coefficient (Wildman–Crippen LogP) is 6.78. The molecule has 0 spiro atoms. The van der Waals surface area contributed by atoms with Crippen LogP contribution in [-0.2, 0) is 0 Å². The van der Waals surface area contributed by atoms with Crippen LogP contribution < -0.4 is 0 Å². The van der Waals surface area contributed by atoms with Crippen molar-refractivity contribution in [3.05, 3.63) is 68.2 Å². The van der Waals surface area contributed by atoms with Crippen LogP contribution in [0.25, 0.3) is 10.1 Å². The summed E-state index contributed by atoms with van der Waals surface area (Å²) >= 11 is 17.2. The van der Waals surface area contributed by atoms with Gasteiger partial charge in [-0.3, -0.25) is 0 Å². The third-order valence-corrected chi connectivity index (χ3v) is 5.98. The maximum atomic E-state index is 14.1. The van der Waals surface area contributed by atoms with Gasteiger partial charge in [-0.05, 0) is 45.6 Å². The van der Waals surface area contributed by atoms with Crippen LogP contribution in [0.5, 0.6) is 0 Å². The quantitative estimate of drug-likeness (QED) is 0.334. The molecule has 3 rings (SSSR count). The summed E-state index contributed by atoms with van der Waals surface area (Å²) in [6.45, 7) is 0. The Hall–Kier alpha value is -0.610. The van der Waals surface area contributed by atoms with E-state index in [-0.39, 0.29) is 5.82 Å². The summed E-state index contributed by atoms with van der Waals surface area (Å²) in [5.41, 5.74) is 0.395. The molecule has 5 heteroatoms. The summed E-state index contributed by atoms with van der Waals surface area (Å²) in [7, 11) is 0. The first-order chi connectivity index (χ1) is 9.56. The molecule has 0 aliphatic rings. The van der Waals surface area contributed by atoms with Gasteiger partial charge in [-0.2, -0.15) is 0 Å². The molecule has 1 atom stereocenters. The molecule has 1 heterocycles. The summed E-state index contributed by atoms with van der Waals surface area (Å²) in [6.07, 6.45) is 0. The summed E-state index contributed by atoms with van der Waals surface area (Å²) in [5, 5.41) is 1.02. The van der Waals surface area contributed by atoms with Crippen LogP contribution in [0.4, 0.5) is 4.39 Å². The van der Waals surface area contributed by atoms with E-state index in [4.69, 9.17) is 23.2 Å². The monoisotopic (exact) mass is 388 g/mol. The van der Waals surface area contributed by atoms with Crippen LogP contribution in [0.3, 0.4) is 0 Å². The normalized spacial score (nSPS) is 12.8. The van der Waals surface area contributed by atoms with E-state index in [9.17, 15) is 4.39 Å². The summed E-state index contributed by atoms with van der Waals surface area (Å²) in [6, 6.07) is 12.9. The van der Waals surface area contributed by atoms with Crippen LogP contribution in [0.1, 0.15) is 15.8 Å². The third kappa shape index (κ3) is 2.60. The maximum Gasteiger partial charge on any atom is 0.129 e. The number of benzene rings is 2. The smallest absolute Gasteiger partial charge is 0.129 e. The van der Waals surface area contributed by atoms with Gasteiger partial charge in [0.15, 0.2) is 0 Å². The van der Waals surface area contributed by atoms with Gasteiger partial charge in [-0.1, -0.05) is 29.8 Å². The second-order valence-corrected chi connectivity index (χ2v) is 7.15. The van der Waals surface area contributed by atoms with Gasteiger partial charge < -0.3 is 0 Å². The van der Waals surface area contributed by atoms with Gasteiger partial charge in [0.2, 0.25) is 0 Å². The number of thiophene rings is 1. The third-order valence-electron chi connectivity index (χ3n) is 3.01. The minimum Gasteiger partial charge on any atom is -0.207 e. The number of rotatable bonds is 2. The molecule has 0 saturated heterocycles. The zero-order valence-electron chi connectivity index (χ0n) is 10.0. The molecule has 1 unspecified atom stereocenters. The minimum absolute atomic E-state index is 0.362. The van der Waals surface area contributed by atoms with Crippen molar-refractivity contribution in [2.75, 3.05) is 0 Å². The molecule has 0 aliphatic carbocycles. The zero-order valence-corrected chi connectivity index (χ0v) is 14.0. The van der Waals surface area contributed by atoms with E-state index in [0.717, 1.165) is 15.0 Å². The number of halogens is 4. The molecule has 0 nitrogen and oxygen atoms in total. The molecule has 20 heavy (non-hydrogen) atoms. The van der Waals surface area contributed by atoms with Gasteiger partial charge in [0, 0.05) is 19.6 Å². The molecular weight excluding hydrogens is 382 g/mol. The maximum absolute atomic E-state index is 14.1. The highest BCUT2D eigenvalue weighted by atomic mass is 79.9. The molecule has 0 amide bonds. The van der Waals surface area contributed by atoms with Gasteiger partial charge in [0.05, 0.1) is 10.4 Å². The molecule has 0 aliphatic heterocycles. The Morgan fingerprint density at radius 3 is 2.65 bits per heavy atom.